The second-order valence-electron chi connectivity index (χ2n) is 8.67. The minimum atomic E-state index is -3.90. The number of nitrogens with zero attached hydrogens (tertiary/aromatic N) is 2. The summed E-state index contributed by atoms with van der Waals surface area (Å²) in [4.78, 5) is 5.74. The molecule has 0 unspecified atom stereocenters. The Labute approximate surface area is 211 Å². The molecular weight excluding hydrogens is 472 g/mol. The van der Waals surface area contributed by atoms with Crippen LogP contribution in [0.1, 0.15) is 16.7 Å². The highest BCUT2D eigenvalue weighted by molar-refractivity contribution is 7.92. The number of aliphatic hydroxyl groups is 1. The van der Waals surface area contributed by atoms with Gasteiger partial charge in [0.1, 0.15) is 18.4 Å². The Morgan fingerprint density at radius 2 is 1.31 bits per heavy atom. The molecule has 6 nitrogen and oxygen atoms in total. The molecule has 0 aliphatic heterocycles. The number of fused-ring (bicyclic) bond motifs is 3. The van der Waals surface area contributed by atoms with Crippen molar-refractivity contribution >= 4 is 21.4 Å². The number of rotatable bonds is 8. The van der Waals surface area contributed by atoms with Crippen molar-refractivity contribution in [3.8, 4) is 11.1 Å². The lowest BCUT2D eigenvalue weighted by molar-refractivity contribution is 0.0456. The molecule has 1 N–H and O–H groups in total. The summed E-state index contributed by atoms with van der Waals surface area (Å²) in [5, 5.41) is 15.1. The number of benzene rings is 4. The molecule has 1 aliphatic carbocycles. The summed E-state index contributed by atoms with van der Waals surface area (Å²) in [5.41, 5.74) is 6.19. The third-order valence-corrected chi connectivity index (χ3v) is 7.92. The summed E-state index contributed by atoms with van der Waals surface area (Å²) >= 11 is 0. The van der Waals surface area contributed by atoms with Crippen molar-refractivity contribution in [3.05, 3.63) is 120 Å². The predicted octanol–water partition coefficient (Wildman–Crippen LogP) is 5.00. The molecule has 0 heterocycles. The van der Waals surface area contributed by atoms with Crippen LogP contribution in [-0.2, 0) is 14.9 Å². The zero-order valence-corrected chi connectivity index (χ0v) is 20.6. The van der Waals surface area contributed by atoms with Gasteiger partial charge in [-0.25, -0.2) is 8.42 Å². The van der Waals surface area contributed by atoms with E-state index in [2.05, 4.69) is 5.16 Å². The first-order valence-electron chi connectivity index (χ1n) is 11.7. The van der Waals surface area contributed by atoms with Gasteiger partial charge in [0.2, 0.25) is 0 Å². The van der Waals surface area contributed by atoms with Gasteiger partial charge >= 0.3 is 0 Å². The molecule has 0 aromatic heterocycles. The average molecular weight is 499 g/mol. The molecule has 7 heteroatoms. The maximum absolute atomic E-state index is 13.5. The van der Waals surface area contributed by atoms with Crippen molar-refractivity contribution in [2.75, 3.05) is 17.5 Å². The normalized spacial score (nSPS) is 13.0. The minimum Gasteiger partial charge on any atom is -0.392 e. The third-order valence-electron chi connectivity index (χ3n) is 6.11. The highest BCUT2D eigenvalue weighted by atomic mass is 32.2. The van der Waals surface area contributed by atoms with Gasteiger partial charge in [-0.1, -0.05) is 89.6 Å². The fraction of sp³-hybridized carbons (Fsp3) is 0.138. The minimum absolute atomic E-state index is 0.157. The number of aliphatic hydroxyl groups excluding tert-OH is 1. The van der Waals surface area contributed by atoms with Gasteiger partial charge < -0.3 is 9.94 Å². The van der Waals surface area contributed by atoms with E-state index in [0.29, 0.717) is 11.4 Å². The van der Waals surface area contributed by atoms with Crippen LogP contribution in [0.3, 0.4) is 0 Å². The van der Waals surface area contributed by atoms with Crippen LogP contribution in [0.2, 0.25) is 0 Å². The summed E-state index contributed by atoms with van der Waals surface area (Å²) < 4.78 is 28.2. The van der Waals surface area contributed by atoms with Gasteiger partial charge in [0.25, 0.3) is 10.0 Å². The monoisotopic (exact) mass is 498 g/mol. The van der Waals surface area contributed by atoms with Crippen molar-refractivity contribution in [2.24, 2.45) is 5.16 Å². The first kappa shape index (κ1) is 23.8. The SMILES string of the molecule is Cc1ccc(S(=O)(=O)N(C[C@@H](O)CON=C2c3ccccc3-c3ccccc32)c2ccccc2)cc1. The molecule has 5 rings (SSSR count). The first-order chi connectivity index (χ1) is 17.4. The fourth-order valence-corrected chi connectivity index (χ4v) is 5.80. The molecule has 36 heavy (non-hydrogen) atoms. The second kappa shape index (κ2) is 9.97. The molecule has 0 spiro atoms. The van der Waals surface area contributed by atoms with E-state index in [1.165, 1.54) is 4.31 Å². The smallest absolute Gasteiger partial charge is 0.264 e. The molecular formula is C29H26N2O4S. The van der Waals surface area contributed by atoms with Crippen LogP contribution < -0.4 is 4.31 Å². The fourth-order valence-electron chi connectivity index (χ4n) is 4.30. The van der Waals surface area contributed by atoms with Crippen molar-refractivity contribution in [1.82, 2.24) is 0 Å². The van der Waals surface area contributed by atoms with Gasteiger partial charge in [0.15, 0.2) is 0 Å². The summed E-state index contributed by atoms with van der Waals surface area (Å²) in [5.74, 6) is 0. The average Bonchev–Trinajstić information content (AvgIpc) is 3.22. The van der Waals surface area contributed by atoms with E-state index in [0.717, 1.165) is 27.8 Å². The Bertz CT molecular complexity index is 1450. The Balaban J connectivity index is 1.36. The van der Waals surface area contributed by atoms with E-state index in [4.69, 9.17) is 4.84 Å². The molecule has 0 amide bonds. The zero-order chi connectivity index (χ0) is 25.1. The molecule has 0 saturated carbocycles. The Hall–Kier alpha value is -3.94. The molecule has 0 bridgehead atoms. The molecule has 4 aromatic carbocycles. The lowest BCUT2D eigenvalue weighted by atomic mass is 10.1. The van der Waals surface area contributed by atoms with Crippen LogP contribution in [0.15, 0.2) is 113 Å². The van der Waals surface area contributed by atoms with Crippen LogP contribution in [0.4, 0.5) is 5.69 Å². The number of hydrogen-bond acceptors (Lipinski definition) is 5. The van der Waals surface area contributed by atoms with Crippen molar-refractivity contribution < 1.29 is 18.4 Å². The standard InChI is InChI=1S/C29H26N2O4S/c1-21-15-17-24(18-16-21)36(33,34)31(22-9-3-2-4-10-22)19-23(32)20-35-30-29-27-13-7-5-11-25(27)26-12-6-8-14-28(26)29/h2-18,23,32H,19-20H2,1H3/t23-/m1/s1. The van der Waals surface area contributed by atoms with E-state index >= 15 is 0 Å². The van der Waals surface area contributed by atoms with Gasteiger partial charge in [0.05, 0.1) is 17.1 Å². The number of oxime groups is 1. The van der Waals surface area contributed by atoms with Gasteiger partial charge in [-0.05, 0) is 42.3 Å². The number of aryl methyl sites for hydroxylation is 1. The highest BCUT2D eigenvalue weighted by Crippen LogP contribution is 2.36. The maximum Gasteiger partial charge on any atom is 0.264 e. The lowest BCUT2D eigenvalue weighted by Gasteiger charge is -2.26. The largest absolute Gasteiger partial charge is 0.392 e. The van der Waals surface area contributed by atoms with E-state index in [1.807, 2.05) is 61.5 Å². The van der Waals surface area contributed by atoms with Crippen molar-refractivity contribution in [2.45, 2.75) is 17.9 Å². The third kappa shape index (κ3) is 4.63. The van der Waals surface area contributed by atoms with Gasteiger partial charge in [-0.3, -0.25) is 4.31 Å². The van der Waals surface area contributed by atoms with Crippen LogP contribution in [0.25, 0.3) is 11.1 Å². The highest BCUT2D eigenvalue weighted by Gasteiger charge is 2.28. The van der Waals surface area contributed by atoms with E-state index < -0.39 is 16.1 Å². The summed E-state index contributed by atoms with van der Waals surface area (Å²) in [6.07, 6.45) is -1.11. The van der Waals surface area contributed by atoms with Crippen LogP contribution in [0.5, 0.6) is 0 Å². The van der Waals surface area contributed by atoms with Gasteiger partial charge in [0, 0.05) is 11.1 Å². The number of hydrogen-bond donors (Lipinski definition) is 1. The number of anilines is 1. The van der Waals surface area contributed by atoms with Gasteiger partial charge in [-0.2, -0.15) is 0 Å². The van der Waals surface area contributed by atoms with Crippen molar-refractivity contribution in [3.63, 3.8) is 0 Å². The second-order valence-corrected chi connectivity index (χ2v) is 10.5. The number of para-hydroxylation sites is 1. The Morgan fingerprint density at radius 3 is 1.89 bits per heavy atom. The summed E-state index contributed by atoms with van der Waals surface area (Å²) in [6, 6.07) is 31.3. The van der Waals surface area contributed by atoms with Crippen LogP contribution in [0, 0.1) is 6.92 Å². The molecule has 0 saturated heterocycles. The van der Waals surface area contributed by atoms with Crippen molar-refractivity contribution in [1.29, 1.82) is 0 Å². The summed E-state index contributed by atoms with van der Waals surface area (Å²) in [7, 11) is -3.90. The van der Waals surface area contributed by atoms with E-state index in [-0.39, 0.29) is 18.0 Å². The Kier molecular flexibility index (Phi) is 6.59. The van der Waals surface area contributed by atoms with Crippen LogP contribution in [-0.4, -0.2) is 38.5 Å². The molecule has 0 radical (unpaired) electrons. The molecule has 4 aromatic rings. The Morgan fingerprint density at radius 1 is 0.778 bits per heavy atom. The molecule has 1 atom stereocenters. The topological polar surface area (TPSA) is 79.2 Å². The molecule has 182 valence electrons. The zero-order valence-electron chi connectivity index (χ0n) is 19.8. The number of sulfonamides is 1. The lowest BCUT2D eigenvalue weighted by Crippen LogP contribution is -2.39. The van der Waals surface area contributed by atoms with E-state index in [9.17, 15) is 13.5 Å². The summed E-state index contributed by atoms with van der Waals surface area (Å²) in [6.45, 7) is 1.55. The quantitative estimate of drug-likeness (QED) is 0.305. The first-order valence-corrected chi connectivity index (χ1v) is 13.1. The molecule has 1 aliphatic rings. The van der Waals surface area contributed by atoms with Gasteiger partial charge in [-0.15, -0.1) is 0 Å². The van der Waals surface area contributed by atoms with Crippen LogP contribution >= 0.6 is 0 Å². The van der Waals surface area contributed by atoms with E-state index in [1.54, 1.807) is 48.5 Å². The molecule has 0 fully saturated rings. The predicted molar refractivity (Wildman–Crippen MR) is 142 cm³/mol. The maximum atomic E-state index is 13.5.